The Hall–Kier alpha value is -3.13. The molecule has 3 rings (SSSR count). The van der Waals surface area contributed by atoms with E-state index >= 15 is 0 Å². The van der Waals surface area contributed by atoms with Gasteiger partial charge in [-0.25, -0.2) is 4.79 Å². The first-order valence-corrected chi connectivity index (χ1v) is 11.6. The molecule has 0 bridgehead atoms. The number of nitrogens with one attached hydrogen (secondary N) is 1. The smallest absolute Gasteiger partial charge is 0.336 e. The fourth-order valence-corrected chi connectivity index (χ4v) is 4.68. The van der Waals surface area contributed by atoms with Gasteiger partial charge >= 0.3 is 11.9 Å². The van der Waals surface area contributed by atoms with Crippen LogP contribution in [0.15, 0.2) is 46.8 Å². The minimum Gasteiger partial charge on any atom is -0.496 e. The third kappa shape index (κ3) is 5.01. The van der Waals surface area contributed by atoms with Gasteiger partial charge in [-0.15, -0.1) is 0 Å². The number of ether oxygens (including phenoxy) is 4. The van der Waals surface area contributed by atoms with Gasteiger partial charge in [-0.2, -0.15) is 0 Å². The minimum atomic E-state index is -0.944. The van der Waals surface area contributed by atoms with Crippen LogP contribution in [0.2, 0.25) is 0 Å². The summed E-state index contributed by atoms with van der Waals surface area (Å²) in [4.78, 5) is 39.5. The molecule has 0 saturated heterocycles. The lowest BCUT2D eigenvalue weighted by Gasteiger charge is -2.38. The first-order valence-electron chi connectivity index (χ1n) is 11.6. The number of esters is 2. The Morgan fingerprint density at radius 3 is 2.53 bits per heavy atom. The van der Waals surface area contributed by atoms with Crippen molar-refractivity contribution >= 4 is 17.7 Å². The summed E-state index contributed by atoms with van der Waals surface area (Å²) < 4.78 is 21.5. The lowest BCUT2D eigenvalue weighted by molar-refractivity contribution is -0.151. The van der Waals surface area contributed by atoms with Crippen LogP contribution < -0.4 is 10.1 Å². The van der Waals surface area contributed by atoms with Gasteiger partial charge in [-0.1, -0.05) is 32.0 Å². The molecular formula is C26H33NO7. The highest BCUT2D eigenvalue weighted by Crippen LogP contribution is 2.47. The van der Waals surface area contributed by atoms with Gasteiger partial charge in [0, 0.05) is 29.1 Å². The van der Waals surface area contributed by atoms with Crippen molar-refractivity contribution in [3.8, 4) is 5.75 Å². The number of rotatable bonds is 9. The SMILES string of the molecule is CCCOCCOC(=O)C1=C(C)NC2=C(C(=O)[C@@H](C(=O)OC)[C@H](C)C2)[C@H]1c1ccccc1OC. The molecule has 0 aromatic heterocycles. The Kier molecular flexibility index (Phi) is 8.50. The Balaban J connectivity index is 2.06. The minimum absolute atomic E-state index is 0.0932. The van der Waals surface area contributed by atoms with Gasteiger partial charge in [0.25, 0.3) is 0 Å². The molecule has 1 aromatic rings. The molecule has 0 unspecified atom stereocenters. The van der Waals surface area contributed by atoms with Crippen LogP contribution >= 0.6 is 0 Å². The van der Waals surface area contributed by atoms with Crippen LogP contribution in [-0.4, -0.2) is 51.8 Å². The molecule has 1 heterocycles. The predicted octanol–water partition coefficient (Wildman–Crippen LogP) is 3.28. The maximum atomic E-state index is 13.7. The van der Waals surface area contributed by atoms with Gasteiger partial charge in [0.15, 0.2) is 5.78 Å². The van der Waals surface area contributed by atoms with E-state index in [2.05, 4.69) is 5.32 Å². The highest BCUT2D eigenvalue weighted by atomic mass is 16.6. The van der Waals surface area contributed by atoms with Gasteiger partial charge in [0.1, 0.15) is 18.3 Å². The Morgan fingerprint density at radius 2 is 1.85 bits per heavy atom. The number of ketones is 1. The van der Waals surface area contributed by atoms with E-state index in [4.69, 9.17) is 18.9 Å². The number of methoxy groups -OCH3 is 2. The molecule has 0 amide bonds. The van der Waals surface area contributed by atoms with Crippen LogP contribution in [0.3, 0.4) is 0 Å². The topological polar surface area (TPSA) is 100 Å². The summed E-state index contributed by atoms with van der Waals surface area (Å²) in [7, 11) is 2.81. The van der Waals surface area contributed by atoms with E-state index in [1.807, 2.05) is 32.0 Å². The quantitative estimate of drug-likeness (QED) is 0.333. The monoisotopic (exact) mass is 471 g/mol. The molecule has 8 nitrogen and oxygen atoms in total. The van der Waals surface area contributed by atoms with Crippen LogP contribution in [0.4, 0.5) is 0 Å². The number of allylic oxidation sites excluding steroid dienone is 3. The number of carbonyl (C=O) groups excluding carboxylic acids is 3. The van der Waals surface area contributed by atoms with E-state index in [1.54, 1.807) is 13.0 Å². The number of carbonyl (C=O) groups is 3. The van der Waals surface area contributed by atoms with E-state index in [0.717, 1.165) is 6.42 Å². The molecule has 184 valence electrons. The van der Waals surface area contributed by atoms with Crippen molar-refractivity contribution < 1.29 is 33.3 Å². The van der Waals surface area contributed by atoms with E-state index in [9.17, 15) is 14.4 Å². The van der Waals surface area contributed by atoms with Gasteiger partial charge in [0.2, 0.25) is 0 Å². The van der Waals surface area contributed by atoms with Crippen molar-refractivity contribution in [1.29, 1.82) is 0 Å². The molecule has 0 spiro atoms. The third-order valence-electron chi connectivity index (χ3n) is 6.22. The molecule has 1 N–H and O–H groups in total. The van der Waals surface area contributed by atoms with Crippen molar-refractivity contribution in [1.82, 2.24) is 5.32 Å². The number of hydrogen-bond donors (Lipinski definition) is 1. The Bertz CT molecular complexity index is 1010. The summed E-state index contributed by atoms with van der Waals surface area (Å²) in [6.07, 6.45) is 1.34. The molecule has 0 saturated carbocycles. The molecule has 34 heavy (non-hydrogen) atoms. The number of Topliss-reactive ketones (excluding diaryl/α,β-unsaturated/α-hetero) is 1. The molecule has 3 atom stereocenters. The molecule has 0 fully saturated rings. The van der Waals surface area contributed by atoms with Crippen LogP contribution in [0.5, 0.6) is 5.75 Å². The summed E-state index contributed by atoms with van der Waals surface area (Å²) >= 11 is 0. The lowest BCUT2D eigenvalue weighted by atomic mass is 9.69. The molecule has 1 aliphatic carbocycles. The van der Waals surface area contributed by atoms with Gasteiger partial charge < -0.3 is 24.3 Å². The highest BCUT2D eigenvalue weighted by molar-refractivity contribution is 6.12. The van der Waals surface area contributed by atoms with E-state index in [-0.39, 0.29) is 24.9 Å². The highest BCUT2D eigenvalue weighted by Gasteiger charge is 2.47. The Labute approximate surface area is 200 Å². The van der Waals surface area contributed by atoms with E-state index in [0.29, 0.717) is 46.9 Å². The molecule has 2 aliphatic rings. The second-order valence-corrected chi connectivity index (χ2v) is 8.53. The summed E-state index contributed by atoms with van der Waals surface area (Å²) in [6, 6.07) is 7.25. The zero-order valence-electron chi connectivity index (χ0n) is 20.4. The summed E-state index contributed by atoms with van der Waals surface area (Å²) in [5, 5.41) is 3.25. The normalized spacial score (nSPS) is 22.1. The summed E-state index contributed by atoms with van der Waals surface area (Å²) in [6.45, 7) is 6.60. The fraction of sp³-hybridized carbons (Fsp3) is 0.500. The predicted molar refractivity (Wildman–Crippen MR) is 125 cm³/mol. The zero-order valence-corrected chi connectivity index (χ0v) is 20.4. The summed E-state index contributed by atoms with van der Waals surface area (Å²) in [5.41, 5.74) is 2.64. The first-order chi connectivity index (χ1) is 16.3. The molecule has 8 heteroatoms. The molecule has 1 aromatic carbocycles. The zero-order chi connectivity index (χ0) is 24.8. The van der Waals surface area contributed by atoms with Gasteiger partial charge in [0.05, 0.1) is 32.3 Å². The van der Waals surface area contributed by atoms with Gasteiger partial charge in [-0.05, 0) is 31.7 Å². The maximum absolute atomic E-state index is 13.7. The maximum Gasteiger partial charge on any atom is 0.336 e. The average Bonchev–Trinajstić information content (AvgIpc) is 2.82. The standard InChI is InChI=1S/C26H33NO7/c1-6-11-33-12-13-34-26(30)21-16(3)27-18-14-15(2)20(25(29)32-5)24(28)23(18)22(21)17-9-7-8-10-19(17)31-4/h7-10,15,20,22,27H,6,11-14H2,1-5H3/t15-,20+,22+/m1/s1. The number of para-hydroxylation sites is 1. The fourth-order valence-electron chi connectivity index (χ4n) is 4.68. The second-order valence-electron chi connectivity index (χ2n) is 8.53. The third-order valence-corrected chi connectivity index (χ3v) is 6.22. The average molecular weight is 472 g/mol. The van der Waals surface area contributed by atoms with Crippen molar-refractivity contribution in [2.24, 2.45) is 11.8 Å². The van der Waals surface area contributed by atoms with Crippen LogP contribution in [-0.2, 0) is 28.6 Å². The van der Waals surface area contributed by atoms with E-state index < -0.39 is 23.8 Å². The summed E-state index contributed by atoms with van der Waals surface area (Å²) in [5.74, 6) is -2.88. The van der Waals surface area contributed by atoms with Crippen molar-refractivity contribution in [3.05, 3.63) is 52.4 Å². The largest absolute Gasteiger partial charge is 0.496 e. The first kappa shape index (κ1) is 25.5. The number of dihydropyridines is 1. The number of benzene rings is 1. The van der Waals surface area contributed by atoms with Crippen LogP contribution in [0.1, 0.15) is 45.1 Å². The van der Waals surface area contributed by atoms with Crippen LogP contribution in [0, 0.1) is 11.8 Å². The van der Waals surface area contributed by atoms with E-state index in [1.165, 1.54) is 14.2 Å². The Morgan fingerprint density at radius 1 is 1.12 bits per heavy atom. The van der Waals surface area contributed by atoms with Gasteiger partial charge in [-0.3, -0.25) is 9.59 Å². The van der Waals surface area contributed by atoms with Crippen molar-refractivity contribution in [2.45, 2.75) is 39.5 Å². The number of hydrogen-bond acceptors (Lipinski definition) is 8. The molecule has 0 radical (unpaired) electrons. The van der Waals surface area contributed by atoms with Crippen molar-refractivity contribution in [3.63, 3.8) is 0 Å². The lowest BCUT2D eigenvalue weighted by Crippen LogP contribution is -2.43. The van der Waals surface area contributed by atoms with Crippen molar-refractivity contribution in [2.75, 3.05) is 34.0 Å². The van der Waals surface area contributed by atoms with Crippen LogP contribution in [0.25, 0.3) is 0 Å². The second kappa shape index (κ2) is 11.3. The molecule has 1 aliphatic heterocycles. The molecular weight excluding hydrogens is 438 g/mol.